The van der Waals surface area contributed by atoms with Crippen LogP contribution in [-0.4, -0.2) is 11.5 Å². The molecule has 0 radical (unpaired) electrons. The molecule has 0 bridgehead atoms. The molecule has 0 aliphatic heterocycles. The van der Waals surface area contributed by atoms with E-state index in [1.165, 1.54) is 23.1 Å². The van der Waals surface area contributed by atoms with E-state index in [-0.39, 0.29) is 5.78 Å². The van der Waals surface area contributed by atoms with Gasteiger partial charge in [0.1, 0.15) is 0 Å². The molecule has 2 aromatic rings. The highest BCUT2D eigenvalue weighted by Gasteiger charge is 2.11. The van der Waals surface area contributed by atoms with Crippen molar-refractivity contribution in [3.05, 3.63) is 50.1 Å². The molecule has 5 heteroatoms. The maximum Gasteiger partial charge on any atom is 0.175 e. The first-order valence-electron chi connectivity index (χ1n) is 4.80. The van der Waals surface area contributed by atoms with Gasteiger partial charge in [0.05, 0.1) is 5.75 Å². The van der Waals surface area contributed by atoms with Crippen molar-refractivity contribution in [1.82, 2.24) is 0 Å². The molecule has 88 valence electrons. The third kappa shape index (κ3) is 3.58. The van der Waals surface area contributed by atoms with E-state index in [4.69, 9.17) is 11.6 Å². The lowest BCUT2D eigenvalue weighted by atomic mass is 10.2. The van der Waals surface area contributed by atoms with E-state index in [2.05, 4.69) is 15.9 Å². The number of carbonyl (C=O) groups excluding carboxylic acids is 1. The lowest BCUT2D eigenvalue weighted by Crippen LogP contribution is -2.01. The van der Waals surface area contributed by atoms with Gasteiger partial charge >= 0.3 is 0 Å². The maximum atomic E-state index is 11.9. The van der Waals surface area contributed by atoms with E-state index in [1.807, 2.05) is 35.0 Å². The number of benzene rings is 1. The van der Waals surface area contributed by atoms with Crippen LogP contribution in [0.5, 0.6) is 0 Å². The first-order valence-corrected chi connectivity index (χ1v) is 7.90. The summed E-state index contributed by atoms with van der Waals surface area (Å²) in [7, 11) is 0. The van der Waals surface area contributed by atoms with Crippen molar-refractivity contribution in [1.29, 1.82) is 0 Å². The predicted molar refractivity (Wildman–Crippen MR) is 78.5 cm³/mol. The maximum absolute atomic E-state index is 11.9. The molecule has 1 nitrogen and oxygen atoms in total. The van der Waals surface area contributed by atoms with E-state index in [0.717, 1.165) is 14.9 Å². The summed E-state index contributed by atoms with van der Waals surface area (Å²) in [5.74, 6) is 0.554. The fourth-order valence-electron chi connectivity index (χ4n) is 1.26. The monoisotopic (exact) mass is 346 g/mol. The molecular weight excluding hydrogens is 340 g/mol. The topological polar surface area (TPSA) is 17.1 Å². The van der Waals surface area contributed by atoms with Crippen molar-refractivity contribution >= 4 is 56.4 Å². The average molecular weight is 348 g/mol. The van der Waals surface area contributed by atoms with Crippen molar-refractivity contribution in [2.75, 3.05) is 5.75 Å². The second-order valence-corrected chi connectivity index (χ2v) is 6.39. The van der Waals surface area contributed by atoms with Crippen molar-refractivity contribution < 1.29 is 4.79 Å². The zero-order chi connectivity index (χ0) is 12.3. The van der Waals surface area contributed by atoms with Gasteiger partial charge in [-0.2, -0.15) is 11.3 Å². The molecule has 17 heavy (non-hydrogen) atoms. The Morgan fingerprint density at radius 2 is 2.24 bits per heavy atom. The molecule has 0 unspecified atom stereocenters. The third-order valence-corrected chi connectivity index (χ3v) is 5.01. The number of thiophene rings is 1. The first-order chi connectivity index (χ1) is 8.16. The Balaban J connectivity index is 1.99. The van der Waals surface area contributed by atoms with Crippen LogP contribution in [-0.2, 0) is 0 Å². The fourth-order valence-corrected chi connectivity index (χ4v) is 3.88. The number of hydrogen-bond donors (Lipinski definition) is 0. The molecule has 0 amide bonds. The molecule has 0 N–H and O–H groups in total. The molecule has 1 heterocycles. The molecule has 0 aliphatic rings. The Morgan fingerprint density at radius 1 is 1.41 bits per heavy atom. The van der Waals surface area contributed by atoms with Crippen molar-refractivity contribution in [3.8, 4) is 0 Å². The second-order valence-electron chi connectivity index (χ2n) is 3.30. The molecule has 0 saturated heterocycles. The van der Waals surface area contributed by atoms with Gasteiger partial charge in [-0.05, 0) is 34.1 Å². The zero-order valence-electron chi connectivity index (χ0n) is 8.65. The fraction of sp³-hybridized carbons (Fsp3) is 0.0833. The largest absolute Gasteiger partial charge is 0.293 e. The van der Waals surface area contributed by atoms with Crippen LogP contribution >= 0.6 is 50.6 Å². The van der Waals surface area contributed by atoms with Gasteiger partial charge in [-0.1, -0.05) is 17.7 Å². The predicted octanol–water partition coefficient (Wildman–Crippen LogP) is 5.14. The Kier molecular flexibility index (Phi) is 4.68. The lowest BCUT2D eigenvalue weighted by Gasteiger charge is -2.01. The van der Waals surface area contributed by atoms with Crippen molar-refractivity contribution in [2.45, 2.75) is 4.90 Å². The molecule has 1 aromatic carbocycles. The minimum atomic E-state index is 0.128. The quantitative estimate of drug-likeness (QED) is 0.563. The second kappa shape index (κ2) is 6.05. The van der Waals surface area contributed by atoms with Crippen LogP contribution in [0.4, 0.5) is 0 Å². The molecule has 0 aliphatic carbocycles. The molecule has 2 rings (SSSR count). The highest BCUT2D eigenvalue weighted by atomic mass is 79.9. The number of thioether (sulfide) groups is 1. The van der Waals surface area contributed by atoms with Gasteiger partial charge in [0.15, 0.2) is 5.78 Å². The Hall–Kier alpha value is -0.290. The zero-order valence-corrected chi connectivity index (χ0v) is 12.6. The van der Waals surface area contributed by atoms with Crippen LogP contribution in [0, 0.1) is 0 Å². The van der Waals surface area contributed by atoms with E-state index in [1.54, 1.807) is 0 Å². The van der Waals surface area contributed by atoms with Crippen LogP contribution in [0.2, 0.25) is 5.02 Å². The van der Waals surface area contributed by atoms with Crippen LogP contribution in [0.1, 0.15) is 10.4 Å². The Bertz CT molecular complexity index is 539. The summed E-state index contributed by atoms with van der Waals surface area (Å²) >= 11 is 12.3. The van der Waals surface area contributed by atoms with Crippen molar-refractivity contribution in [2.24, 2.45) is 0 Å². The number of hydrogen-bond acceptors (Lipinski definition) is 3. The summed E-state index contributed by atoms with van der Waals surface area (Å²) in [6, 6.07) is 7.52. The van der Waals surface area contributed by atoms with E-state index in [0.29, 0.717) is 10.8 Å². The van der Waals surface area contributed by atoms with Crippen LogP contribution in [0.3, 0.4) is 0 Å². The molecule has 0 fully saturated rings. The molecular formula is C12H8BrClOS2. The van der Waals surface area contributed by atoms with Crippen LogP contribution in [0.25, 0.3) is 0 Å². The lowest BCUT2D eigenvalue weighted by molar-refractivity contribution is 0.102. The van der Waals surface area contributed by atoms with Gasteiger partial charge in [0.2, 0.25) is 0 Å². The van der Waals surface area contributed by atoms with Gasteiger partial charge in [0, 0.05) is 30.7 Å². The SMILES string of the molecule is O=C(CSc1cccc(Cl)c1)c1cscc1Br. The van der Waals surface area contributed by atoms with Gasteiger partial charge in [0.25, 0.3) is 0 Å². The number of carbonyl (C=O) groups is 1. The molecule has 0 spiro atoms. The van der Waals surface area contributed by atoms with E-state index in [9.17, 15) is 4.79 Å². The summed E-state index contributed by atoms with van der Waals surface area (Å²) < 4.78 is 0.874. The van der Waals surface area contributed by atoms with E-state index >= 15 is 0 Å². The standard InChI is InChI=1S/C12H8BrClOS2/c13-11-6-16-5-10(11)12(15)7-17-9-3-1-2-8(14)4-9/h1-6H,7H2. The smallest absolute Gasteiger partial charge is 0.175 e. The number of rotatable bonds is 4. The minimum Gasteiger partial charge on any atom is -0.293 e. The Morgan fingerprint density at radius 3 is 2.88 bits per heavy atom. The van der Waals surface area contributed by atoms with Gasteiger partial charge in [-0.25, -0.2) is 0 Å². The van der Waals surface area contributed by atoms with Crippen molar-refractivity contribution in [3.63, 3.8) is 0 Å². The van der Waals surface area contributed by atoms with Gasteiger partial charge < -0.3 is 0 Å². The summed E-state index contributed by atoms with van der Waals surface area (Å²) in [4.78, 5) is 12.9. The van der Waals surface area contributed by atoms with Crippen LogP contribution < -0.4 is 0 Å². The summed E-state index contributed by atoms with van der Waals surface area (Å²) in [5, 5.41) is 4.47. The molecule has 1 aromatic heterocycles. The minimum absolute atomic E-state index is 0.128. The molecule has 0 saturated carbocycles. The normalized spacial score (nSPS) is 10.5. The third-order valence-electron chi connectivity index (χ3n) is 2.08. The van der Waals surface area contributed by atoms with Gasteiger partial charge in [-0.3, -0.25) is 4.79 Å². The average Bonchev–Trinajstić information content (AvgIpc) is 2.72. The highest BCUT2D eigenvalue weighted by Crippen LogP contribution is 2.26. The first kappa shape index (κ1) is 13.1. The Labute approximate surface area is 121 Å². The number of ketones is 1. The summed E-state index contributed by atoms with van der Waals surface area (Å²) in [5.41, 5.74) is 0.754. The number of Topliss-reactive ketones (excluding diaryl/α,β-unsaturated/α-hetero) is 1. The number of halogens is 2. The highest BCUT2D eigenvalue weighted by molar-refractivity contribution is 9.10. The van der Waals surface area contributed by atoms with E-state index < -0.39 is 0 Å². The summed E-state index contributed by atoms with van der Waals surface area (Å²) in [6.07, 6.45) is 0. The van der Waals surface area contributed by atoms with Crippen LogP contribution in [0.15, 0.2) is 44.4 Å². The molecule has 0 atom stereocenters. The van der Waals surface area contributed by atoms with Gasteiger partial charge in [-0.15, -0.1) is 11.8 Å². The summed E-state index contributed by atoms with van der Waals surface area (Å²) in [6.45, 7) is 0.